The highest BCUT2D eigenvalue weighted by Crippen LogP contribution is 2.26. The minimum Gasteiger partial charge on any atom is -0.383 e. The van der Waals surface area contributed by atoms with Gasteiger partial charge in [0.05, 0.1) is 29.8 Å². The molecule has 4 rings (SSSR count). The highest BCUT2D eigenvalue weighted by molar-refractivity contribution is 5.79. The second kappa shape index (κ2) is 9.50. The quantitative estimate of drug-likeness (QED) is 0.753. The molecule has 1 N–H and O–H groups in total. The van der Waals surface area contributed by atoms with Crippen LogP contribution in [0.15, 0.2) is 30.5 Å². The molecule has 0 saturated carbocycles. The van der Waals surface area contributed by atoms with Crippen molar-refractivity contribution < 1.29 is 9.53 Å². The van der Waals surface area contributed by atoms with Gasteiger partial charge in [0.25, 0.3) is 0 Å². The van der Waals surface area contributed by atoms with Crippen LogP contribution < -0.4 is 10.2 Å². The summed E-state index contributed by atoms with van der Waals surface area (Å²) in [6.45, 7) is 5.11. The van der Waals surface area contributed by atoms with Crippen molar-refractivity contribution in [2.75, 3.05) is 51.3 Å². The molecule has 156 valence electrons. The number of ether oxygens (including phenoxy) is 1. The predicted octanol–water partition coefficient (Wildman–Crippen LogP) is 2.07. The second-order valence-corrected chi connectivity index (χ2v) is 8.05. The molecule has 29 heavy (non-hydrogen) atoms. The molecule has 0 aliphatic carbocycles. The highest BCUT2D eigenvalue weighted by Gasteiger charge is 2.31. The number of carbonyl (C=O) groups excluding carboxylic acids is 1. The number of nitrogens with zero attached hydrogens (tertiary/aromatic N) is 4. The second-order valence-electron chi connectivity index (χ2n) is 8.05. The summed E-state index contributed by atoms with van der Waals surface area (Å²) >= 11 is 0. The van der Waals surface area contributed by atoms with Crippen molar-refractivity contribution >= 4 is 22.8 Å². The Bertz CT molecular complexity index is 822. The van der Waals surface area contributed by atoms with Crippen molar-refractivity contribution in [2.45, 2.75) is 31.7 Å². The van der Waals surface area contributed by atoms with Gasteiger partial charge in [-0.25, -0.2) is 4.98 Å². The lowest BCUT2D eigenvalue weighted by Gasteiger charge is -2.42. The fourth-order valence-corrected chi connectivity index (χ4v) is 4.53. The van der Waals surface area contributed by atoms with E-state index in [1.54, 1.807) is 7.11 Å². The molecule has 0 unspecified atom stereocenters. The standard InChI is InChI=1S/C22H31N5O2/c1-29-14-10-23-22(28)17-5-4-11-27(16-17)18-8-12-26(13-9-18)21-15-24-19-6-2-3-7-20(19)25-21/h2-3,6-7,15,17-18H,4-5,8-14,16H2,1H3,(H,23,28)/t17-/m0/s1. The van der Waals surface area contributed by atoms with Gasteiger partial charge in [0.15, 0.2) is 0 Å². The summed E-state index contributed by atoms with van der Waals surface area (Å²) in [5.41, 5.74) is 1.89. The van der Waals surface area contributed by atoms with Crippen LogP contribution in [0, 0.1) is 5.92 Å². The SMILES string of the molecule is COCCNC(=O)[C@H]1CCCN(C2CCN(c3cnc4ccccc4n3)CC2)C1. The lowest BCUT2D eigenvalue weighted by atomic mass is 9.93. The number of rotatable bonds is 6. The summed E-state index contributed by atoms with van der Waals surface area (Å²) in [7, 11) is 1.66. The van der Waals surface area contributed by atoms with Gasteiger partial charge in [0.2, 0.25) is 5.91 Å². The van der Waals surface area contributed by atoms with Crippen molar-refractivity contribution in [3.05, 3.63) is 30.5 Å². The molecular formula is C22H31N5O2. The third-order valence-electron chi connectivity index (χ3n) is 6.17. The smallest absolute Gasteiger partial charge is 0.224 e. The largest absolute Gasteiger partial charge is 0.383 e. The summed E-state index contributed by atoms with van der Waals surface area (Å²) in [5.74, 6) is 1.25. The maximum Gasteiger partial charge on any atom is 0.224 e. The molecular weight excluding hydrogens is 366 g/mol. The van der Waals surface area contributed by atoms with Crippen molar-refractivity contribution in [2.24, 2.45) is 5.92 Å². The molecule has 1 aromatic heterocycles. The van der Waals surface area contributed by atoms with Crippen molar-refractivity contribution in [3.63, 3.8) is 0 Å². The zero-order valence-corrected chi connectivity index (χ0v) is 17.2. The molecule has 0 spiro atoms. The molecule has 2 saturated heterocycles. The van der Waals surface area contributed by atoms with Crippen LogP contribution in [0.1, 0.15) is 25.7 Å². The van der Waals surface area contributed by atoms with Gasteiger partial charge in [0.1, 0.15) is 5.82 Å². The van der Waals surface area contributed by atoms with Gasteiger partial charge < -0.3 is 15.0 Å². The van der Waals surface area contributed by atoms with E-state index in [9.17, 15) is 4.79 Å². The maximum absolute atomic E-state index is 12.4. The number of nitrogens with one attached hydrogen (secondary N) is 1. The average Bonchev–Trinajstić information content (AvgIpc) is 2.79. The first-order valence-corrected chi connectivity index (χ1v) is 10.7. The van der Waals surface area contributed by atoms with Gasteiger partial charge in [0, 0.05) is 39.3 Å². The number of piperidine rings is 2. The van der Waals surface area contributed by atoms with Gasteiger partial charge >= 0.3 is 0 Å². The number of methoxy groups -OCH3 is 1. The molecule has 1 aromatic carbocycles. The number of anilines is 1. The summed E-state index contributed by atoms with van der Waals surface area (Å²) in [4.78, 5) is 26.7. The van der Waals surface area contributed by atoms with E-state index in [4.69, 9.17) is 9.72 Å². The molecule has 7 nitrogen and oxygen atoms in total. The van der Waals surface area contributed by atoms with Crippen LogP contribution in [0.3, 0.4) is 0 Å². The molecule has 2 fully saturated rings. The Labute approximate surface area is 172 Å². The summed E-state index contributed by atoms with van der Waals surface area (Å²) in [5, 5.41) is 3.01. The third-order valence-corrected chi connectivity index (χ3v) is 6.17. The topological polar surface area (TPSA) is 70.6 Å². The van der Waals surface area contributed by atoms with Gasteiger partial charge in [-0.05, 0) is 44.4 Å². The number of benzene rings is 1. The lowest BCUT2D eigenvalue weighted by Crippen LogP contribution is -2.51. The molecule has 2 aliphatic rings. The van der Waals surface area contributed by atoms with E-state index in [2.05, 4.69) is 20.1 Å². The van der Waals surface area contributed by atoms with E-state index < -0.39 is 0 Å². The Morgan fingerprint density at radius 3 is 2.76 bits per heavy atom. The molecule has 7 heteroatoms. The Morgan fingerprint density at radius 1 is 1.17 bits per heavy atom. The van der Waals surface area contributed by atoms with E-state index in [0.717, 1.165) is 68.7 Å². The molecule has 2 aliphatic heterocycles. The Hall–Kier alpha value is -2.25. The predicted molar refractivity (Wildman–Crippen MR) is 114 cm³/mol. The number of carbonyl (C=O) groups is 1. The van der Waals surface area contributed by atoms with Crippen molar-refractivity contribution in [3.8, 4) is 0 Å². The van der Waals surface area contributed by atoms with Crippen LogP contribution in [0.25, 0.3) is 11.0 Å². The van der Waals surface area contributed by atoms with Gasteiger partial charge in [-0.2, -0.15) is 0 Å². The number of hydrogen-bond donors (Lipinski definition) is 1. The minimum absolute atomic E-state index is 0.102. The number of likely N-dealkylation sites (tertiary alicyclic amines) is 1. The van der Waals surface area contributed by atoms with Crippen LogP contribution in [0.5, 0.6) is 0 Å². The van der Waals surface area contributed by atoms with E-state index >= 15 is 0 Å². The molecule has 1 atom stereocenters. The normalized spacial score (nSPS) is 21.4. The average molecular weight is 398 g/mol. The molecule has 0 bridgehead atoms. The Balaban J connectivity index is 1.31. The maximum atomic E-state index is 12.4. The van der Waals surface area contributed by atoms with E-state index in [-0.39, 0.29) is 11.8 Å². The van der Waals surface area contributed by atoms with E-state index in [1.165, 1.54) is 0 Å². The van der Waals surface area contributed by atoms with Gasteiger partial charge in [-0.3, -0.25) is 14.7 Å². The lowest BCUT2D eigenvalue weighted by molar-refractivity contribution is -0.127. The Kier molecular flexibility index (Phi) is 6.56. The monoisotopic (exact) mass is 397 g/mol. The molecule has 2 aromatic rings. The highest BCUT2D eigenvalue weighted by atomic mass is 16.5. The number of amides is 1. The van der Waals surface area contributed by atoms with Gasteiger partial charge in [-0.1, -0.05) is 12.1 Å². The van der Waals surface area contributed by atoms with Gasteiger partial charge in [-0.15, -0.1) is 0 Å². The Morgan fingerprint density at radius 2 is 1.97 bits per heavy atom. The first-order chi connectivity index (χ1) is 14.2. The number of para-hydroxylation sites is 2. The van der Waals surface area contributed by atoms with E-state index in [1.807, 2.05) is 30.5 Å². The van der Waals surface area contributed by atoms with Crippen molar-refractivity contribution in [1.82, 2.24) is 20.2 Å². The summed E-state index contributed by atoms with van der Waals surface area (Å²) < 4.78 is 5.03. The zero-order valence-electron chi connectivity index (χ0n) is 17.2. The minimum atomic E-state index is 0.102. The van der Waals surface area contributed by atoms with Crippen LogP contribution in [0.2, 0.25) is 0 Å². The van der Waals surface area contributed by atoms with E-state index in [0.29, 0.717) is 19.2 Å². The summed E-state index contributed by atoms with van der Waals surface area (Å²) in [6.07, 6.45) is 6.18. The zero-order chi connectivity index (χ0) is 20.1. The first-order valence-electron chi connectivity index (χ1n) is 10.7. The third kappa shape index (κ3) is 4.85. The number of hydrogen-bond acceptors (Lipinski definition) is 6. The number of fused-ring (bicyclic) bond motifs is 1. The molecule has 1 amide bonds. The van der Waals surface area contributed by atoms with Crippen LogP contribution in [-0.2, 0) is 9.53 Å². The van der Waals surface area contributed by atoms with Crippen LogP contribution in [0.4, 0.5) is 5.82 Å². The molecule has 3 heterocycles. The first kappa shape index (κ1) is 20.0. The van der Waals surface area contributed by atoms with Crippen LogP contribution in [-0.4, -0.2) is 73.3 Å². The fourth-order valence-electron chi connectivity index (χ4n) is 4.53. The molecule has 0 radical (unpaired) electrons. The number of aromatic nitrogens is 2. The van der Waals surface area contributed by atoms with Crippen molar-refractivity contribution in [1.29, 1.82) is 0 Å². The van der Waals surface area contributed by atoms with Crippen LogP contribution >= 0.6 is 0 Å². The fraction of sp³-hybridized carbons (Fsp3) is 0.591. The summed E-state index contributed by atoms with van der Waals surface area (Å²) in [6, 6.07) is 8.56.